The summed E-state index contributed by atoms with van der Waals surface area (Å²) in [4.78, 5) is 32.5. The lowest BCUT2D eigenvalue weighted by molar-refractivity contribution is -0.144. The van der Waals surface area contributed by atoms with E-state index in [1.54, 1.807) is 6.92 Å². The molecule has 0 bridgehead atoms. The first-order valence-electron chi connectivity index (χ1n) is 8.32. The van der Waals surface area contributed by atoms with E-state index in [0.29, 0.717) is 43.1 Å². The highest BCUT2D eigenvalue weighted by molar-refractivity contribution is 5.95. The fourth-order valence-corrected chi connectivity index (χ4v) is 2.97. The molecule has 0 spiro atoms. The van der Waals surface area contributed by atoms with Crippen molar-refractivity contribution in [2.45, 2.75) is 39.5 Å². The van der Waals surface area contributed by atoms with Gasteiger partial charge in [-0.3, -0.25) is 9.59 Å². The number of aliphatic carboxylic acids is 1. The van der Waals surface area contributed by atoms with Gasteiger partial charge in [-0.1, -0.05) is 13.8 Å². The van der Waals surface area contributed by atoms with Crippen molar-refractivity contribution in [3.8, 4) is 0 Å². The summed E-state index contributed by atoms with van der Waals surface area (Å²) in [6.45, 7) is 6.95. The largest absolute Gasteiger partial charge is 0.481 e. The van der Waals surface area contributed by atoms with Crippen LogP contribution in [-0.4, -0.2) is 46.7 Å². The number of carboxylic acid groups (broad SMARTS) is 1. The minimum Gasteiger partial charge on any atom is -0.481 e. The Bertz CT molecular complexity index is 597. The maximum Gasteiger partial charge on any atom is 0.308 e. The summed E-state index contributed by atoms with van der Waals surface area (Å²) in [5, 5.41) is 12.2. The molecule has 1 atom stereocenters. The van der Waals surface area contributed by atoms with E-state index < -0.39 is 11.9 Å². The molecular weight excluding hydrogens is 310 g/mol. The van der Waals surface area contributed by atoms with Crippen LogP contribution in [0.2, 0.25) is 0 Å². The summed E-state index contributed by atoms with van der Waals surface area (Å²) >= 11 is 0. The highest BCUT2D eigenvalue weighted by atomic mass is 16.5. The minimum absolute atomic E-state index is 0.0235. The second-order valence-electron chi connectivity index (χ2n) is 6.48. The number of amides is 1. The van der Waals surface area contributed by atoms with Crippen molar-refractivity contribution < 1.29 is 19.4 Å². The third-order valence-corrected chi connectivity index (χ3v) is 4.36. The number of nitrogens with zero attached hydrogens (tertiary/aromatic N) is 2. The zero-order chi connectivity index (χ0) is 17.7. The van der Waals surface area contributed by atoms with Gasteiger partial charge in [0.15, 0.2) is 0 Å². The van der Waals surface area contributed by atoms with Crippen LogP contribution in [-0.2, 0) is 9.53 Å². The maximum absolute atomic E-state index is 12.5. The van der Waals surface area contributed by atoms with E-state index in [-0.39, 0.29) is 24.3 Å². The monoisotopic (exact) mass is 335 g/mol. The fraction of sp³-hybridized carbons (Fsp3) is 0.647. The van der Waals surface area contributed by atoms with Crippen molar-refractivity contribution >= 4 is 11.9 Å². The maximum atomic E-state index is 12.5. The SMILES string of the molecule is Cc1ncc(C(=O)NCC(C(=O)O)C2CCOCC2)c(C(C)C)n1. The molecule has 0 saturated carbocycles. The lowest BCUT2D eigenvalue weighted by atomic mass is 9.86. The molecule has 1 aromatic rings. The highest BCUT2D eigenvalue weighted by Gasteiger charge is 2.30. The first-order valence-corrected chi connectivity index (χ1v) is 8.32. The zero-order valence-corrected chi connectivity index (χ0v) is 14.4. The van der Waals surface area contributed by atoms with Crippen LogP contribution in [0.5, 0.6) is 0 Å². The Labute approximate surface area is 141 Å². The van der Waals surface area contributed by atoms with Crippen molar-refractivity contribution in [1.82, 2.24) is 15.3 Å². The third kappa shape index (κ3) is 4.50. The van der Waals surface area contributed by atoms with Gasteiger partial charge in [0.2, 0.25) is 0 Å². The molecule has 2 N–H and O–H groups in total. The smallest absolute Gasteiger partial charge is 0.308 e. The average Bonchev–Trinajstić information content (AvgIpc) is 2.55. The van der Waals surface area contributed by atoms with Crippen LogP contribution in [0.15, 0.2) is 6.20 Å². The molecule has 1 aromatic heterocycles. The number of ether oxygens (including phenoxy) is 1. The summed E-state index contributed by atoms with van der Waals surface area (Å²) in [5.74, 6) is -1.09. The van der Waals surface area contributed by atoms with Gasteiger partial charge in [-0.25, -0.2) is 9.97 Å². The molecule has 1 aliphatic rings. The van der Waals surface area contributed by atoms with E-state index in [1.165, 1.54) is 6.20 Å². The zero-order valence-electron chi connectivity index (χ0n) is 14.4. The number of carbonyl (C=O) groups is 2. The molecule has 0 radical (unpaired) electrons. The van der Waals surface area contributed by atoms with E-state index in [0.717, 1.165) is 0 Å². The summed E-state index contributed by atoms with van der Waals surface area (Å²) < 4.78 is 5.28. The first kappa shape index (κ1) is 18.3. The second kappa shape index (κ2) is 8.19. The first-order chi connectivity index (χ1) is 11.4. The normalized spacial score (nSPS) is 16.8. The van der Waals surface area contributed by atoms with Crippen LogP contribution < -0.4 is 5.32 Å². The van der Waals surface area contributed by atoms with E-state index in [2.05, 4.69) is 15.3 Å². The van der Waals surface area contributed by atoms with Crippen molar-refractivity contribution in [3.63, 3.8) is 0 Å². The predicted octanol–water partition coefficient (Wildman–Crippen LogP) is 1.77. The molecule has 1 unspecified atom stereocenters. The summed E-state index contributed by atoms with van der Waals surface area (Å²) in [7, 11) is 0. The quantitative estimate of drug-likeness (QED) is 0.821. The molecule has 2 rings (SSSR count). The number of carbonyl (C=O) groups excluding carboxylic acids is 1. The molecule has 7 nitrogen and oxygen atoms in total. The molecule has 1 amide bonds. The fourth-order valence-electron chi connectivity index (χ4n) is 2.97. The average molecular weight is 335 g/mol. The number of aromatic nitrogens is 2. The van der Waals surface area contributed by atoms with Gasteiger partial charge in [0.1, 0.15) is 5.82 Å². The Morgan fingerprint density at radius 2 is 2.04 bits per heavy atom. The topological polar surface area (TPSA) is 101 Å². The molecule has 7 heteroatoms. The van der Waals surface area contributed by atoms with Crippen LogP contribution >= 0.6 is 0 Å². The van der Waals surface area contributed by atoms with Crippen LogP contribution in [0.3, 0.4) is 0 Å². The van der Waals surface area contributed by atoms with E-state index in [4.69, 9.17) is 4.74 Å². The Hall–Kier alpha value is -2.02. The molecule has 24 heavy (non-hydrogen) atoms. The number of rotatable bonds is 6. The number of nitrogens with one attached hydrogen (secondary N) is 1. The number of aryl methyl sites for hydroxylation is 1. The van der Waals surface area contributed by atoms with Gasteiger partial charge in [-0.2, -0.15) is 0 Å². The summed E-state index contributed by atoms with van der Waals surface area (Å²) in [6.07, 6.45) is 2.92. The number of carboxylic acids is 1. The van der Waals surface area contributed by atoms with Crippen molar-refractivity contribution in [3.05, 3.63) is 23.3 Å². The van der Waals surface area contributed by atoms with Crippen molar-refractivity contribution in [2.24, 2.45) is 11.8 Å². The van der Waals surface area contributed by atoms with Crippen LogP contribution in [0.1, 0.15) is 54.5 Å². The van der Waals surface area contributed by atoms with Gasteiger partial charge in [0.05, 0.1) is 17.2 Å². The Kier molecular flexibility index (Phi) is 6.25. The van der Waals surface area contributed by atoms with Crippen molar-refractivity contribution in [2.75, 3.05) is 19.8 Å². The number of hydrogen-bond donors (Lipinski definition) is 2. The van der Waals surface area contributed by atoms with Gasteiger partial charge in [0.25, 0.3) is 5.91 Å². The molecular formula is C17H25N3O4. The standard InChI is InChI=1S/C17H25N3O4/c1-10(2)15-14(9-18-11(3)20-15)16(21)19-8-13(17(22)23)12-4-6-24-7-5-12/h9-10,12-13H,4-8H2,1-3H3,(H,19,21)(H,22,23). The van der Waals surface area contributed by atoms with Crippen LogP contribution in [0.25, 0.3) is 0 Å². The molecule has 132 valence electrons. The minimum atomic E-state index is -0.883. The Balaban J connectivity index is 2.07. The molecule has 2 heterocycles. The lowest BCUT2D eigenvalue weighted by Gasteiger charge is -2.27. The van der Waals surface area contributed by atoms with E-state index in [1.807, 2.05) is 13.8 Å². The predicted molar refractivity (Wildman–Crippen MR) is 87.9 cm³/mol. The molecule has 1 saturated heterocycles. The van der Waals surface area contributed by atoms with E-state index in [9.17, 15) is 14.7 Å². The van der Waals surface area contributed by atoms with Crippen LogP contribution in [0, 0.1) is 18.8 Å². The highest BCUT2D eigenvalue weighted by Crippen LogP contribution is 2.24. The van der Waals surface area contributed by atoms with Crippen molar-refractivity contribution in [1.29, 1.82) is 0 Å². The van der Waals surface area contributed by atoms with Gasteiger partial charge in [0, 0.05) is 26.0 Å². The molecule has 0 aliphatic carbocycles. The Morgan fingerprint density at radius 1 is 1.38 bits per heavy atom. The molecule has 0 aromatic carbocycles. The third-order valence-electron chi connectivity index (χ3n) is 4.36. The molecule has 1 aliphatic heterocycles. The number of hydrogen-bond acceptors (Lipinski definition) is 5. The Morgan fingerprint density at radius 3 is 2.62 bits per heavy atom. The second-order valence-corrected chi connectivity index (χ2v) is 6.48. The van der Waals surface area contributed by atoms with Gasteiger partial charge in [-0.15, -0.1) is 0 Å². The van der Waals surface area contributed by atoms with E-state index >= 15 is 0 Å². The van der Waals surface area contributed by atoms with Gasteiger partial charge in [-0.05, 0) is 31.6 Å². The lowest BCUT2D eigenvalue weighted by Crippen LogP contribution is -2.39. The summed E-state index contributed by atoms with van der Waals surface area (Å²) in [6, 6.07) is 0. The summed E-state index contributed by atoms with van der Waals surface area (Å²) in [5.41, 5.74) is 1.09. The van der Waals surface area contributed by atoms with Gasteiger partial charge < -0.3 is 15.2 Å². The molecule has 1 fully saturated rings. The van der Waals surface area contributed by atoms with Crippen LogP contribution in [0.4, 0.5) is 0 Å². The van der Waals surface area contributed by atoms with Gasteiger partial charge >= 0.3 is 5.97 Å².